The fraction of sp³-hybridized carbons (Fsp3) is 0.619. The van der Waals surface area contributed by atoms with Crippen LogP contribution in [0.3, 0.4) is 0 Å². The number of nitrogens with one attached hydrogen (secondary N) is 2. The summed E-state index contributed by atoms with van der Waals surface area (Å²) in [6.07, 6.45) is 5.87. The van der Waals surface area contributed by atoms with Crippen molar-refractivity contribution in [2.75, 3.05) is 44.2 Å². The number of carbonyl (C=O) groups is 2. The van der Waals surface area contributed by atoms with Crippen LogP contribution in [0.2, 0.25) is 0 Å². The van der Waals surface area contributed by atoms with Crippen LogP contribution in [-0.2, 0) is 0 Å². The minimum Gasteiger partial charge on any atom is -0.339 e. The predicted molar refractivity (Wildman–Crippen MR) is 106 cm³/mol. The molecule has 3 heterocycles. The third kappa shape index (κ3) is 3.68. The van der Waals surface area contributed by atoms with Gasteiger partial charge in [0.2, 0.25) is 0 Å². The number of nitrogens with zero attached hydrogens (tertiary/aromatic N) is 2. The van der Waals surface area contributed by atoms with Crippen LogP contribution in [0.4, 0.5) is 10.5 Å². The van der Waals surface area contributed by atoms with E-state index in [9.17, 15) is 9.59 Å². The largest absolute Gasteiger partial charge is 0.339 e. The first-order valence-corrected chi connectivity index (χ1v) is 10.2. The highest BCUT2D eigenvalue weighted by atomic mass is 16.2. The molecule has 6 heteroatoms. The zero-order valence-corrected chi connectivity index (χ0v) is 16.2. The van der Waals surface area contributed by atoms with Crippen molar-refractivity contribution in [3.63, 3.8) is 0 Å². The summed E-state index contributed by atoms with van der Waals surface area (Å²) >= 11 is 0. The van der Waals surface area contributed by atoms with E-state index in [1.165, 1.54) is 19.3 Å². The Morgan fingerprint density at radius 2 is 1.85 bits per heavy atom. The van der Waals surface area contributed by atoms with Gasteiger partial charge in [-0.2, -0.15) is 0 Å². The minimum atomic E-state index is -0.0784. The molecule has 0 atom stereocenters. The molecule has 3 fully saturated rings. The molecule has 0 bridgehead atoms. The highest BCUT2D eigenvalue weighted by Crippen LogP contribution is 2.39. The van der Waals surface area contributed by atoms with Crippen molar-refractivity contribution in [2.45, 2.75) is 39.0 Å². The molecule has 0 unspecified atom stereocenters. The summed E-state index contributed by atoms with van der Waals surface area (Å²) in [5.74, 6) is 0.0989. The van der Waals surface area contributed by atoms with E-state index >= 15 is 0 Å². The third-order valence-corrected chi connectivity index (χ3v) is 6.60. The number of likely N-dealkylation sites (tertiary alicyclic amines) is 1. The van der Waals surface area contributed by atoms with E-state index in [1.54, 1.807) is 4.90 Å². The van der Waals surface area contributed by atoms with Gasteiger partial charge in [0.05, 0.1) is 0 Å². The Morgan fingerprint density at radius 1 is 1.04 bits per heavy atom. The number of piperidine rings is 1. The average molecular weight is 370 g/mol. The molecule has 3 aliphatic rings. The Morgan fingerprint density at radius 3 is 2.59 bits per heavy atom. The lowest BCUT2D eigenvalue weighted by Crippen LogP contribution is -2.38. The smallest absolute Gasteiger partial charge is 0.322 e. The molecule has 0 radical (unpaired) electrons. The summed E-state index contributed by atoms with van der Waals surface area (Å²) in [6, 6.07) is 5.68. The van der Waals surface area contributed by atoms with Gasteiger partial charge in [-0.05, 0) is 75.2 Å². The first kappa shape index (κ1) is 18.3. The highest BCUT2D eigenvalue weighted by Gasteiger charge is 2.35. The normalized spacial score (nSPS) is 22.6. The molecule has 4 rings (SSSR count). The van der Waals surface area contributed by atoms with Gasteiger partial charge in [-0.15, -0.1) is 0 Å². The molecule has 3 saturated heterocycles. The van der Waals surface area contributed by atoms with Gasteiger partial charge < -0.3 is 15.5 Å². The summed E-state index contributed by atoms with van der Waals surface area (Å²) in [5, 5.41) is 6.30. The summed E-state index contributed by atoms with van der Waals surface area (Å²) in [5.41, 5.74) is 2.98. The minimum absolute atomic E-state index is 0.0784. The second kappa shape index (κ2) is 7.50. The molecule has 2 N–H and O–H groups in total. The van der Waals surface area contributed by atoms with Crippen molar-refractivity contribution < 1.29 is 9.59 Å². The number of carbonyl (C=O) groups excluding carboxylic acids is 2. The number of anilines is 1. The summed E-state index contributed by atoms with van der Waals surface area (Å²) in [4.78, 5) is 29.0. The molecule has 6 nitrogen and oxygen atoms in total. The number of benzene rings is 1. The van der Waals surface area contributed by atoms with Gasteiger partial charge >= 0.3 is 6.03 Å². The molecular weight excluding hydrogens is 340 g/mol. The first-order valence-electron chi connectivity index (χ1n) is 10.2. The predicted octanol–water partition coefficient (Wildman–Crippen LogP) is 2.52. The molecule has 0 aromatic heterocycles. The Kier molecular flexibility index (Phi) is 5.08. The molecule has 146 valence electrons. The SMILES string of the molecule is Cc1ccc(C(=O)N2CCCC3(CCNCC3)CC2)cc1N1CCNC1=O. The standard InChI is InChI=1S/C21H30N4O2/c1-16-3-4-17(15-18(16)25-14-11-23-20(25)27)19(26)24-12-2-5-21(8-13-24)6-9-22-10-7-21/h3-4,15,22H,2,5-14H2,1H3,(H,23,27). The summed E-state index contributed by atoms with van der Waals surface area (Å²) in [6.45, 7) is 7.17. The lowest BCUT2D eigenvalue weighted by molar-refractivity contribution is 0.0750. The number of hydrogen-bond donors (Lipinski definition) is 2. The Labute approximate surface area is 161 Å². The van der Waals surface area contributed by atoms with E-state index in [2.05, 4.69) is 10.6 Å². The maximum absolute atomic E-state index is 13.2. The van der Waals surface area contributed by atoms with Crippen LogP contribution in [0.1, 0.15) is 48.0 Å². The van der Waals surface area contributed by atoms with E-state index in [0.29, 0.717) is 24.1 Å². The Hall–Kier alpha value is -2.08. The molecule has 3 aliphatic heterocycles. The highest BCUT2D eigenvalue weighted by molar-refractivity contribution is 5.99. The first-order chi connectivity index (χ1) is 13.1. The molecular formula is C21H30N4O2. The van der Waals surface area contributed by atoms with Crippen LogP contribution < -0.4 is 15.5 Å². The number of hydrogen-bond acceptors (Lipinski definition) is 3. The van der Waals surface area contributed by atoms with Gasteiger partial charge in [-0.1, -0.05) is 6.07 Å². The molecule has 0 saturated carbocycles. The van der Waals surface area contributed by atoms with E-state index in [-0.39, 0.29) is 11.9 Å². The number of rotatable bonds is 2. The average Bonchev–Trinajstić information content (AvgIpc) is 3.00. The van der Waals surface area contributed by atoms with Crippen molar-refractivity contribution in [1.82, 2.24) is 15.5 Å². The van der Waals surface area contributed by atoms with Crippen molar-refractivity contribution in [2.24, 2.45) is 5.41 Å². The zero-order chi connectivity index (χ0) is 18.9. The van der Waals surface area contributed by atoms with E-state index in [0.717, 1.165) is 50.3 Å². The van der Waals surface area contributed by atoms with Crippen LogP contribution in [0.5, 0.6) is 0 Å². The van der Waals surface area contributed by atoms with Gasteiger partial charge in [0.1, 0.15) is 0 Å². The van der Waals surface area contributed by atoms with Gasteiger partial charge in [-0.3, -0.25) is 9.69 Å². The van der Waals surface area contributed by atoms with Crippen LogP contribution in [0.15, 0.2) is 18.2 Å². The van der Waals surface area contributed by atoms with Gasteiger partial charge in [0.25, 0.3) is 5.91 Å². The van der Waals surface area contributed by atoms with Crippen LogP contribution in [0, 0.1) is 12.3 Å². The lowest BCUT2D eigenvalue weighted by atomic mass is 9.73. The van der Waals surface area contributed by atoms with Crippen molar-refractivity contribution in [1.29, 1.82) is 0 Å². The number of urea groups is 1. The van der Waals surface area contributed by atoms with E-state index in [4.69, 9.17) is 0 Å². The van der Waals surface area contributed by atoms with Gasteiger partial charge in [0, 0.05) is 37.4 Å². The van der Waals surface area contributed by atoms with Gasteiger partial charge in [-0.25, -0.2) is 4.79 Å². The van der Waals surface area contributed by atoms with Gasteiger partial charge in [0.15, 0.2) is 0 Å². The fourth-order valence-electron chi connectivity index (χ4n) is 4.83. The van der Waals surface area contributed by atoms with Crippen LogP contribution in [-0.4, -0.2) is 56.1 Å². The lowest BCUT2D eigenvalue weighted by Gasteiger charge is -2.37. The Balaban J connectivity index is 1.50. The number of amides is 3. The van der Waals surface area contributed by atoms with E-state index in [1.807, 2.05) is 30.0 Å². The zero-order valence-electron chi connectivity index (χ0n) is 16.2. The molecule has 1 aromatic rings. The van der Waals surface area contributed by atoms with Crippen LogP contribution >= 0.6 is 0 Å². The topological polar surface area (TPSA) is 64.7 Å². The third-order valence-electron chi connectivity index (χ3n) is 6.60. The second-order valence-electron chi connectivity index (χ2n) is 8.28. The molecule has 27 heavy (non-hydrogen) atoms. The molecule has 0 aliphatic carbocycles. The maximum atomic E-state index is 13.2. The van der Waals surface area contributed by atoms with Crippen LogP contribution in [0.25, 0.3) is 0 Å². The van der Waals surface area contributed by atoms with E-state index < -0.39 is 0 Å². The quantitative estimate of drug-likeness (QED) is 0.841. The van der Waals surface area contributed by atoms with Crippen molar-refractivity contribution in [3.8, 4) is 0 Å². The fourth-order valence-corrected chi connectivity index (χ4v) is 4.83. The summed E-state index contributed by atoms with van der Waals surface area (Å²) in [7, 11) is 0. The monoisotopic (exact) mass is 370 g/mol. The Bertz CT molecular complexity index is 727. The van der Waals surface area contributed by atoms with Crippen molar-refractivity contribution >= 4 is 17.6 Å². The molecule has 3 amide bonds. The summed E-state index contributed by atoms with van der Waals surface area (Å²) < 4.78 is 0. The maximum Gasteiger partial charge on any atom is 0.322 e. The molecule has 1 aromatic carbocycles. The van der Waals surface area contributed by atoms with Crippen molar-refractivity contribution in [3.05, 3.63) is 29.3 Å². The molecule has 1 spiro atoms. The number of aryl methyl sites for hydroxylation is 1. The second-order valence-corrected chi connectivity index (χ2v) is 8.28.